The summed E-state index contributed by atoms with van der Waals surface area (Å²) in [7, 11) is -2.62. The van der Waals surface area contributed by atoms with E-state index in [-0.39, 0.29) is 15.6 Å². The third-order valence-corrected chi connectivity index (χ3v) is 7.42. The number of carbonyl (C=O) groups is 1. The molecule has 1 amide bonds. The summed E-state index contributed by atoms with van der Waals surface area (Å²) in [5.74, 6) is -0.239. The number of methoxy groups -OCH3 is 1. The van der Waals surface area contributed by atoms with Crippen molar-refractivity contribution in [3.63, 3.8) is 0 Å². The number of hydrogen-bond donors (Lipinski definition) is 1. The highest BCUT2D eigenvalue weighted by molar-refractivity contribution is 9.10. The number of hydrazone groups is 1. The zero-order valence-electron chi connectivity index (χ0n) is 17.8. The van der Waals surface area contributed by atoms with E-state index in [0.29, 0.717) is 5.75 Å². The Hall–Kier alpha value is -2.88. The second kappa shape index (κ2) is 10.8. The van der Waals surface area contributed by atoms with Crippen LogP contribution in [0.3, 0.4) is 0 Å². The average Bonchev–Trinajstić information content (AvgIpc) is 2.79. The summed E-state index contributed by atoms with van der Waals surface area (Å²) in [6.45, 7) is 1.35. The van der Waals surface area contributed by atoms with Crippen molar-refractivity contribution >= 4 is 55.4 Å². The van der Waals surface area contributed by atoms with Crippen molar-refractivity contribution < 1.29 is 17.9 Å². The zero-order chi connectivity index (χ0) is 24.0. The number of amides is 1. The molecule has 0 saturated heterocycles. The molecule has 0 unspecified atom stereocenters. The molecule has 0 aliphatic carbocycles. The van der Waals surface area contributed by atoms with Crippen molar-refractivity contribution in [1.29, 1.82) is 0 Å². The van der Waals surface area contributed by atoms with E-state index in [1.807, 2.05) is 31.2 Å². The van der Waals surface area contributed by atoms with Crippen LogP contribution in [0.4, 0.5) is 5.69 Å². The van der Waals surface area contributed by atoms with Gasteiger partial charge in [-0.2, -0.15) is 5.10 Å². The number of rotatable bonds is 8. The standard InChI is InChI=1S/C23H21BrClN3O4S/c1-16-7-10-19(11-8-16)33(30,31)28(18-9-12-22(32-2)21(25)13-18)15-23(29)27-26-14-17-5-3-4-6-20(17)24/h3-14H,15H2,1-2H3,(H,27,29)/b26-14-. The summed E-state index contributed by atoms with van der Waals surface area (Å²) in [6.07, 6.45) is 1.46. The molecule has 1 N–H and O–H groups in total. The van der Waals surface area contributed by atoms with E-state index in [1.54, 1.807) is 12.1 Å². The maximum atomic E-state index is 13.4. The first kappa shape index (κ1) is 24.8. The molecule has 0 aliphatic heterocycles. The molecule has 33 heavy (non-hydrogen) atoms. The first-order chi connectivity index (χ1) is 15.7. The summed E-state index contributed by atoms with van der Waals surface area (Å²) >= 11 is 9.61. The van der Waals surface area contributed by atoms with Crippen LogP contribution < -0.4 is 14.5 Å². The molecular weight excluding hydrogens is 530 g/mol. The number of halogens is 2. The number of ether oxygens (including phenoxy) is 1. The summed E-state index contributed by atoms with van der Waals surface area (Å²) in [5, 5.41) is 4.15. The fraction of sp³-hybridized carbons (Fsp3) is 0.130. The largest absolute Gasteiger partial charge is 0.495 e. The van der Waals surface area contributed by atoms with Crippen LogP contribution in [0.5, 0.6) is 5.75 Å². The minimum Gasteiger partial charge on any atom is -0.495 e. The van der Waals surface area contributed by atoms with Crippen LogP contribution in [0, 0.1) is 6.92 Å². The van der Waals surface area contributed by atoms with Crippen molar-refractivity contribution in [3.8, 4) is 5.75 Å². The topological polar surface area (TPSA) is 88.1 Å². The number of anilines is 1. The quantitative estimate of drug-likeness (QED) is 0.323. The molecule has 0 heterocycles. The summed E-state index contributed by atoms with van der Waals surface area (Å²) < 4.78 is 33.8. The van der Waals surface area contributed by atoms with E-state index in [4.69, 9.17) is 16.3 Å². The maximum Gasteiger partial charge on any atom is 0.264 e. The Labute approximate surface area is 206 Å². The molecule has 0 spiro atoms. The van der Waals surface area contributed by atoms with E-state index < -0.39 is 22.5 Å². The fourth-order valence-electron chi connectivity index (χ4n) is 2.88. The van der Waals surface area contributed by atoms with Gasteiger partial charge in [-0.25, -0.2) is 13.8 Å². The average molecular weight is 551 g/mol. The van der Waals surface area contributed by atoms with Crippen molar-refractivity contribution in [1.82, 2.24) is 5.43 Å². The van der Waals surface area contributed by atoms with Gasteiger partial charge in [-0.3, -0.25) is 9.10 Å². The minimum absolute atomic E-state index is 0.0459. The Morgan fingerprint density at radius 2 is 1.85 bits per heavy atom. The number of sulfonamides is 1. The van der Waals surface area contributed by atoms with Gasteiger partial charge in [0.25, 0.3) is 15.9 Å². The number of benzene rings is 3. The first-order valence-corrected chi connectivity index (χ1v) is 12.3. The van der Waals surface area contributed by atoms with Crippen LogP contribution in [-0.4, -0.2) is 34.2 Å². The van der Waals surface area contributed by atoms with Crippen LogP contribution in [-0.2, 0) is 14.8 Å². The Morgan fingerprint density at radius 3 is 2.48 bits per heavy atom. The van der Waals surface area contributed by atoms with E-state index in [9.17, 15) is 13.2 Å². The normalized spacial score (nSPS) is 11.4. The molecule has 0 aliphatic rings. The predicted octanol–water partition coefficient (Wildman–Crippen LogP) is 4.77. The lowest BCUT2D eigenvalue weighted by atomic mass is 10.2. The fourth-order valence-corrected chi connectivity index (χ4v) is 4.93. The van der Waals surface area contributed by atoms with Crippen molar-refractivity contribution in [2.45, 2.75) is 11.8 Å². The van der Waals surface area contributed by atoms with Gasteiger partial charge in [-0.1, -0.05) is 63.4 Å². The minimum atomic E-state index is -4.07. The number of hydrogen-bond acceptors (Lipinski definition) is 5. The highest BCUT2D eigenvalue weighted by Crippen LogP contribution is 2.32. The molecule has 7 nitrogen and oxygen atoms in total. The summed E-state index contributed by atoms with van der Waals surface area (Å²) in [5.41, 5.74) is 4.25. The van der Waals surface area contributed by atoms with Crippen molar-refractivity contribution in [2.24, 2.45) is 5.10 Å². The van der Waals surface area contributed by atoms with Crippen LogP contribution in [0.15, 0.2) is 81.2 Å². The summed E-state index contributed by atoms with van der Waals surface area (Å²) in [6, 6.07) is 18.2. The SMILES string of the molecule is COc1ccc(N(CC(=O)N/N=C\c2ccccc2Br)S(=O)(=O)c2ccc(C)cc2)cc1Cl. The zero-order valence-corrected chi connectivity index (χ0v) is 21.0. The Kier molecular flexibility index (Phi) is 8.12. The van der Waals surface area contributed by atoms with Gasteiger partial charge < -0.3 is 4.74 Å². The van der Waals surface area contributed by atoms with E-state index in [0.717, 1.165) is 19.9 Å². The van der Waals surface area contributed by atoms with E-state index in [1.165, 1.54) is 43.7 Å². The predicted molar refractivity (Wildman–Crippen MR) is 134 cm³/mol. The molecule has 3 aromatic carbocycles. The first-order valence-electron chi connectivity index (χ1n) is 9.72. The van der Waals surface area contributed by atoms with Gasteiger partial charge in [-0.15, -0.1) is 0 Å². The third-order valence-electron chi connectivity index (χ3n) is 4.62. The molecule has 0 radical (unpaired) electrons. The number of nitrogens with one attached hydrogen (secondary N) is 1. The number of aryl methyl sites for hydroxylation is 1. The Morgan fingerprint density at radius 1 is 1.15 bits per heavy atom. The second-order valence-corrected chi connectivity index (χ2v) is 10.1. The molecule has 10 heteroatoms. The van der Waals surface area contributed by atoms with Crippen LogP contribution in [0.1, 0.15) is 11.1 Å². The van der Waals surface area contributed by atoms with Crippen LogP contribution in [0.25, 0.3) is 0 Å². The lowest BCUT2D eigenvalue weighted by Gasteiger charge is -2.24. The van der Waals surface area contributed by atoms with Crippen molar-refractivity contribution in [3.05, 3.63) is 87.4 Å². The monoisotopic (exact) mass is 549 g/mol. The molecular formula is C23H21BrClN3O4S. The Balaban J connectivity index is 1.90. The van der Waals surface area contributed by atoms with Gasteiger partial charge in [0.2, 0.25) is 0 Å². The smallest absolute Gasteiger partial charge is 0.264 e. The van der Waals surface area contributed by atoms with Gasteiger partial charge in [0.1, 0.15) is 12.3 Å². The molecule has 0 fully saturated rings. The van der Waals surface area contributed by atoms with Gasteiger partial charge >= 0.3 is 0 Å². The molecule has 172 valence electrons. The van der Waals surface area contributed by atoms with Gasteiger partial charge in [0.15, 0.2) is 0 Å². The van der Waals surface area contributed by atoms with Crippen LogP contribution >= 0.6 is 27.5 Å². The van der Waals surface area contributed by atoms with E-state index >= 15 is 0 Å². The lowest BCUT2D eigenvalue weighted by Crippen LogP contribution is -2.39. The van der Waals surface area contributed by atoms with Gasteiger partial charge in [0.05, 0.1) is 28.9 Å². The molecule has 3 rings (SSSR count). The lowest BCUT2D eigenvalue weighted by molar-refractivity contribution is -0.119. The van der Waals surface area contributed by atoms with Gasteiger partial charge in [0, 0.05) is 10.0 Å². The maximum absolute atomic E-state index is 13.4. The summed E-state index contributed by atoms with van der Waals surface area (Å²) in [4.78, 5) is 12.7. The number of nitrogens with zero attached hydrogens (tertiary/aromatic N) is 2. The molecule has 0 aromatic heterocycles. The number of carbonyl (C=O) groups excluding carboxylic acids is 1. The highest BCUT2D eigenvalue weighted by atomic mass is 79.9. The molecule has 3 aromatic rings. The van der Waals surface area contributed by atoms with E-state index in [2.05, 4.69) is 26.5 Å². The van der Waals surface area contributed by atoms with Crippen molar-refractivity contribution in [2.75, 3.05) is 18.0 Å². The Bertz CT molecular complexity index is 1280. The molecule has 0 bridgehead atoms. The van der Waals surface area contributed by atoms with Crippen LogP contribution in [0.2, 0.25) is 5.02 Å². The third kappa shape index (κ3) is 6.13. The molecule has 0 saturated carbocycles. The van der Waals surface area contributed by atoms with Gasteiger partial charge in [-0.05, 0) is 43.3 Å². The molecule has 0 atom stereocenters. The highest BCUT2D eigenvalue weighted by Gasteiger charge is 2.27. The second-order valence-electron chi connectivity index (χ2n) is 6.96.